The van der Waals surface area contributed by atoms with Crippen LogP contribution in [0.4, 0.5) is 5.69 Å². The molecule has 0 aromatic heterocycles. The van der Waals surface area contributed by atoms with Gasteiger partial charge >= 0.3 is 0 Å². The van der Waals surface area contributed by atoms with E-state index in [0.29, 0.717) is 17.2 Å². The lowest BCUT2D eigenvalue weighted by Gasteiger charge is -2.34. The van der Waals surface area contributed by atoms with Gasteiger partial charge in [-0.25, -0.2) is 8.42 Å². The molecule has 4 rings (SSSR count). The number of carbonyl (C=O) groups excluding carboxylic acids is 2. The Morgan fingerprint density at radius 2 is 1.55 bits per heavy atom. The number of carbonyl (C=O) groups is 2. The fourth-order valence-electron chi connectivity index (χ4n) is 5.48. The van der Waals surface area contributed by atoms with Crippen molar-refractivity contribution in [3.63, 3.8) is 0 Å². The fourth-order valence-corrected chi connectivity index (χ4v) is 6.32. The van der Waals surface area contributed by atoms with Crippen molar-refractivity contribution in [2.24, 2.45) is 0 Å². The van der Waals surface area contributed by atoms with E-state index in [4.69, 9.17) is 14.2 Å². The first-order chi connectivity index (χ1) is 21.1. The van der Waals surface area contributed by atoms with Crippen LogP contribution in [0.5, 0.6) is 17.2 Å². The van der Waals surface area contributed by atoms with E-state index in [0.717, 1.165) is 47.4 Å². The Kier molecular flexibility index (Phi) is 11.1. The summed E-state index contributed by atoms with van der Waals surface area (Å²) in [4.78, 5) is 29.8. The molecule has 0 radical (unpaired) electrons. The molecule has 3 aromatic carbocycles. The Labute approximate surface area is 260 Å². The Balaban J connectivity index is 1.75. The highest BCUT2D eigenvalue weighted by Gasteiger charge is 2.34. The average Bonchev–Trinajstić information content (AvgIpc) is 3.54. The van der Waals surface area contributed by atoms with Crippen LogP contribution in [-0.4, -0.2) is 71.3 Å². The number of sulfonamides is 1. The van der Waals surface area contributed by atoms with Crippen molar-refractivity contribution in [1.29, 1.82) is 0 Å². The smallest absolute Gasteiger partial charge is 0.244 e. The summed E-state index contributed by atoms with van der Waals surface area (Å²) in [5, 5.41) is 3.17. The van der Waals surface area contributed by atoms with Gasteiger partial charge in [-0.2, -0.15) is 0 Å². The largest absolute Gasteiger partial charge is 0.497 e. The van der Waals surface area contributed by atoms with E-state index < -0.39 is 28.5 Å². The first-order valence-electron chi connectivity index (χ1n) is 14.6. The second kappa shape index (κ2) is 15.0. The highest BCUT2D eigenvalue weighted by atomic mass is 32.2. The number of ether oxygens (including phenoxy) is 3. The van der Waals surface area contributed by atoms with E-state index in [1.165, 1.54) is 25.2 Å². The van der Waals surface area contributed by atoms with Crippen LogP contribution in [0.2, 0.25) is 0 Å². The summed E-state index contributed by atoms with van der Waals surface area (Å²) in [5.41, 5.74) is 1.85. The van der Waals surface area contributed by atoms with E-state index in [-0.39, 0.29) is 30.6 Å². The van der Waals surface area contributed by atoms with E-state index in [1.807, 2.05) is 42.5 Å². The lowest BCUT2D eigenvalue weighted by molar-refractivity contribution is -0.140. The topological polar surface area (TPSA) is 114 Å². The number of benzene rings is 3. The molecule has 0 aliphatic heterocycles. The first-order valence-corrected chi connectivity index (χ1v) is 16.4. The van der Waals surface area contributed by atoms with E-state index >= 15 is 0 Å². The third-order valence-electron chi connectivity index (χ3n) is 7.79. The van der Waals surface area contributed by atoms with E-state index in [2.05, 4.69) is 5.32 Å². The minimum Gasteiger partial charge on any atom is -0.497 e. The van der Waals surface area contributed by atoms with Crippen molar-refractivity contribution in [2.45, 2.75) is 50.7 Å². The molecule has 0 bridgehead atoms. The molecule has 0 heterocycles. The molecule has 0 saturated heterocycles. The standard InChI is InChI=1S/C33H41N3O7S/c1-41-28-16-10-13-25(19-28)22-35(29(20-24-11-6-5-7-12-24)33(38)34-26-14-8-9-15-26)32(37)23-36(44(4,39)40)27-17-18-30(42-2)31(21-27)43-3/h5-7,10-13,16-19,21,26,29H,8-9,14-15,20,22-23H2,1-4H3,(H,34,38). The third kappa shape index (κ3) is 8.43. The van der Waals surface area contributed by atoms with Crippen molar-refractivity contribution < 1.29 is 32.2 Å². The van der Waals surface area contributed by atoms with Crippen molar-refractivity contribution in [2.75, 3.05) is 38.4 Å². The third-order valence-corrected chi connectivity index (χ3v) is 8.93. The van der Waals surface area contributed by atoms with E-state index in [9.17, 15) is 18.0 Å². The van der Waals surface area contributed by atoms with Gasteiger partial charge in [0.1, 0.15) is 18.3 Å². The van der Waals surface area contributed by atoms with Crippen molar-refractivity contribution in [3.8, 4) is 17.2 Å². The summed E-state index contributed by atoms with van der Waals surface area (Å²) in [6.45, 7) is -0.463. The van der Waals surface area contributed by atoms with Crippen LogP contribution in [0.15, 0.2) is 72.8 Å². The molecule has 1 aliphatic rings. The maximum Gasteiger partial charge on any atom is 0.244 e. The highest BCUT2D eigenvalue weighted by molar-refractivity contribution is 7.92. The Hall–Kier alpha value is -4.25. The SMILES string of the molecule is COc1cccc(CN(C(=O)CN(c2ccc(OC)c(OC)c2)S(C)(=O)=O)C(Cc2ccccc2)C(=O)NC2CCCC2)c1. The monoisotopic (exact) mass is 623 g/mol. The van der Waals surface area contributed by atoms with Gasteiger partial charge in [-0.05, 0) is 48.2 Å². The van der Waals surface area contributed by atoms with Crippen LogP contribution in [0, 0.1) is 0 Å². The second-order valence-corrected chi connectivity index (χ2v) is 12.8. The summed E-state index contributed by atoms with van der Waals surface area (Å²) in [6, 6.07) is 20.5. The van der Waals surface area contributed by atoms with Crippen LogP contribution < -0.4 is 23.8 Å². The number of nitrogens with zero attached hydrogens (tertiary/aromatic N) is 2. The lowest BCUT2D eigenvalue weighted by atomic mass is 10.0. The number of nitrogens with one attached hydrogen (secondary N) is 1. The summed E-state index contributed by atoms with van der Waals surface area (Å²) in [6.07, 6.45) is 5.14. The highest BCUT2D eigenvalue weighted by Crippen LogP contribution is 2.32. The van der Waals surface area contributed by atoms with Gasteiger partial charge in [-0.1, -0.05) is 55.3 Å². The summed E-state index contributed by atoms with van der Waals surface area (Å²) in [7, 11) is 0.559. The molecule has 0 spiro atoms. The predicted octanol–water partition coefficient (Wildman–Crippen LogP) is 4.18. The number of hydrogen-bond donors (Lipinski definition) is 1. The number of rotatable bonds is 14. The molecule has 3 aromatic rings. The van der Waals surface area contributed by atoms with Crippen molar-refractivity contribution in [3.05, 3.63) is 83.9 Å². The maximum absolute atomic E-state index is 14.3. The van der Waals surface area contributed by atoms with Crippen LogP contribution in [-0.2, 0) is 32.6 Å². The number of anilines is 1. The molecule has 11 heteroatoms. The molecule has 1 atom stereocenters. The number of amides is 2. The van der Waals surface area contributed by atoms with Gasteiger partial charge in [0.15, 0.2) is 11.5 Å². The summed E-state index contributed by atoms with van der Waals surface area (Å²) in [5.74, 6) is 0.539. The molecule has 10 nitrogen and oxygen atoms in total. The molecular formula is C33H41N3O7S. The zero-order valence-electron chi connectivity index (χ0n) is 25.7. The minimum absolute atomic E-state index is 0.0360. The zero-order valence-corrected chi connectivity index (χ0v) is 26.5. The minimum atomic E-state index is -3.93. The molecule has 1 N–H and O–H groups in total. The molecular weight excluding hydrogens is 582 g/mol. The predicted molar refractivity (Wildman–Crippen MR) is 170 cm³/mol. The van der Waals surface area contributed by atoms with Gasteiger partial charge in [-0.3, -0.25) is 13.9 Å². The quantitative estimate of drug-likeness (QED) is 0.287. The van der Waals surface area contributed by atoms with Gasteiger partial charge < -0.3 is 24.4 Å². The lowest BCUT2D eigenvalue weighted by Crippen LogP contribution is -2.54. The van der Waals surface area contributed by atoms with Crippen LogP contribution in [0.25, 0.3) is 0 Å². The molecule has 236 valence electrons. The first kappa shape index (κ1) is 32.7. The molecule has 1 fully saturated rings. The van der Waals surface area contributed by atoms with Gasteiger partial charge in [0.25, 0.3) is 0 Å². The number of hydrogen-bond acceptors (Lipinski definition) is 7. The Morgan fingerprint density at radius 3 is 2.18 bits per heavy atom. The molecule has 2 amide bonds. The number of methoxy groups -OCH3 is 3. The Morgan fingerprint density at radius 1 is 0.864 bits per heavy atom. The van der Waals surface area contributed by atoms with Crippen LogP contribution in [0.1, 0.15) is 36.8 Å². The van der Waals surface area contributed by atoms with Crippen molar-refractivity contribution in [1.82, 2.24) is 10.2 Å². The molecule has 1 aliphatic carbocycles. The van der Waals surface area contributed by atoms with Crippen LogP contribution >= 0.6 is 0 Å². The summed E-state index contributed by atoms with van der Waals surface area (Å²) >= 11 is 0. The molecule has 1 unspecified atom stereocenters. The normalized spacial score (nSPS) is 14.0. The zero-order chi connectivity index (χ0) is 31.7. The molecule has 1 saturated carbocycles. The fraction of sp³-hybridized carbons (Fsp3) is 0.394. The van der Waals surface area contributed by atoms with Gasteiger partial charge in [0.05, 0.1) is 33.3 Å². The Bertz CT molecular complexity index is 1530. The van der Waals surface area contributed by atoms with Crippen molar-refractivity contribution >= 4 is 27.5 Å². The van der Waals surface area contributed by atoms with Gasteiger partial charge in [0.2, 0.25) is 21.8 Å². The van der Waals surface area contributed by atoms with Gasteiger partial charge in [-0.15, -0.1) is 0 Å². The van der Waals surface area contributed by atoms with E-state index in [1.54, 1.807) is 31.4 Å². The maximum atomic E-state index is 14.3. The summed E-state index contributed by atoms with van der Waals surface area (Å²) < 4.78 is 43.3. The second-order valence-electron chi connectivity index (χ2n) is 10.9. The molecule has 44 heavy (non-hydrogen) atoms. The van der Waals surface area contributed by atoms with Crippen LogP contribution in [0.3, 0.4) is 0 Å². The average molecular weight is 624 g/mol. The van der Waals surface area contributed by atoms with Gasteiger partial charge in [0, 0.05) is 25.1 Å².